The van der Waals surface area contributed by atoms with Gasteiger partial charge in [-0.25, -0.2) is 0 Å². The summed E-state index contributed by atoms with van der Waals surface area (Å²) in [5.74, 6) is 0. The van der Waals surface area contributed by atoms with Crippen molar-refractivity contribution in [2.24, 2.45) is 0 Å². The number of likely N-dealkylation sites (tertiary alicyclic amines) is 1. The fourth-order valence-corrected chi connectivity index (χ4v) is 3.20. The van der Waals surface area contributed by atoms with E-state index in [-0.39, 0.29) is 0 Å². The zero-order chi connectivity index (χ0) is 11.5. The van der Waals surface area contributed by atoms with Gasteiger partial charge in [-0.05, 0) is 37.1 Å². The van der Waals surface area contributed by atoms with Crippen LogP contribution in [0.2, 0.25) is 10.0 Å². The summed E-state index contributed by atoms with van der Waals surface area (Å²) in [4.78, 5) is 2.49. The third-order valence-electron chi connectivity index (χ3n) is 3.05. The predicted octanol–water partition coefficient (Wildman–Crippen LogP) is 4.35. The molecule has 0 aliphatic carbocycles. The highest BCUT2D eigenvalue weighted by Gasteiger charge is 2.23. The van der Waals surface area contributed by atoms with Crippen molar-refractivity contribution in [1.29, 1.82) is 0 Å². The molecule has 1 aromatic carbocycles. The molecule has 0 spiro atoms. The molecule has 0 aromatic heterocycles. The Hall–Kier alpha value is 0.240. The number of hydrogen-bond acceptors (Lipinski definition) is 1. The summed E-state index contributed by atoms with van der Waals surface area (Å²) in [6, 6.07) is 6.55. The van der Waals surface area contributed by atoms with Crippen molar-refractivity contribution in [3.63, 3.8) is 0 Å². The van der Waals surface area contributed by atoms with Crippen LogP contribution in [0.25, 0.3) is 0 Å². The van der Waals surface area contributed by atoms with Crippen LogP contribution in [0.5, 0.6) is 0 Å². The van der Waals surface area contributed by atoms with Crippen LogP contribution in [0, 0.1) is 0 Å². The Morgan fingerprint density at radius 2 is 2.12 bits per heavy atom. The van der Waals surface area contributed by atoms with Crippen molar-refractivity contribution in [2.45, 2.75) is 25.4 Å². The van der Waals surface area contributed by atoms with Gasteiger partial charge in [0, 0.05) is 17.9 Å². The molecule has 1 heterocycles. The van der Waals surface area contributed by atoms with Crippen LogP contribution in [0.1, 0.15) is 18.4 Å². The molecule has 0 N–H and O–H groups in total. The van der Waals surface area contributed by atoms with Gasteiger partial charge in [-0.15, -0.1) is 0 Å². The molecule has 1 nitrogen and oxygen atoms in total. The van der Waals surface area contributed by atoms with E-state index in [1.807, 2.05) is 12.1 Å². The maximum Gasteiger partial charge on any atom is 0.0595 e. The van der Waals surface area contributed by atoms with E-state index in [9.17, 15) is 0 Å². The maximum atomic E-state index is 6.01. The van der Waals surface area contributed by atoms with Crippen LogP contribution in [-0.4, -0.2) is 22.8 Å². The van der Waals surface area contributed by atoms with Gasteiger partial charge >= 0.3 is 0 Å². The van der Waals surface area contributed by atoms with Crippen LogP contribution < -0.4 is 0 Å². The van der Waals surface area contributed by atoms with Gasteiger partial charge in [0.15, 0.2) is 0 Å². The van der Waals surface area contributed by atoms with E-state index < -0.39 is 0 Å². The lowest BCUT2D eigenvalue weighted by molar-refractivity contribution is 0.265. The minimum Gasteiger partial charge on any atom is -0.295 e. The molecule has 1 fully saturated rings. The molecule has 1 atom stereocenters. The first-order chi connectivity index (χ1) is 7.70. The maximum absolute atomic E-state index is 6.01. The van der Waals surface area contributed by atoms with Crippen molar-refractivity contribution in [2.75, 3.05) is 11.9 Å². The molecule has 0 bridgehead atoms. The zero-order valence-corrected chi connectivity index (χ0v) is 12.0. The molecule has 1 aliphatic rings. The highest BCUT2D eigenvalue weighted by atomic mass is 79.9. The molecule has 2 rings (SSSR count). The third kappa shape index (κ3) is 2.92. The molecule has 16 heavy (non-hydrogen) atoms. The first-order valence-electron chi connectivity index (χ1n) is 5.44. The zero-order valence-electron chi connectivity index (χ0n) is 8.93. The number of nitrogens with zero attached hydrogens (tertiary/aromatic N) is 1. The molecule has 1 unspecified atom stereocenters. The molecular formula is C12H14BrCl2N. The molecule has 4 heteroatoms. The standard InChI is InChI=1S/C12H14BrCl2N/c13-7-10-2-1-5-16(10)8-9-3-4-11(14)12(15)6-9/h3-4,6,10H,1-2,5,7-8H2. The summed E-state index contributed by atoms with van der Waals surface area (Å²) < 4.78 is 0. The van der Waals surface area contributed by atoms with E-state index >= 15 is 0 Å². The summed E-state index contributed by atoms with van der Waals surface area (Å²) in [6.07, 6.45) is 2.57. The lowest BCUT2D eigenvalue weighted by atomic mass is 10.2. The smallest absolute Gasteiger partial charge is 0.0595 e. The Morgan fingerprint density at radius 1 is 1.31 bits per heavy atom. The van der Waals surface area contributed by atoms with Gasteiger partial charge in [0.1, 0.15) is 0 Å². The van der Waals surface area contributed by atoms with Gasteiger partial charge in [-0.2, -0.15) is 0 Å². The summed E-state index contributed by atoms with van der Waals surface area (Å²) in [7, 11) is 0. The van der Waals surface area contributed by atoms with Crippen molar-refractivity contribution in [3.05, 3.63) is 33.8 Å². The quantitative estimate of drug-likeness (QED) is 0.748. The van der Waals surface area contributed by atoms with E-state index in [0.29, 0.717) is 16.1 Å². The molecule has 0 radical (unpaired) electrons. The molecule has 88 valence electrons. The second-order valence-corrected chi connectivity index (χ2v) is 5.63. The van der Waals surface area contributed by atoms with Crippen molar-refractivity contribution >= 4 is 39.1 Å². The normalized spacial score (nSPS) is 21.6. The summed E-state index contributed by atoms with van der Waals surface area (Å²) in [6.45, 7) is 2.14. The fraction of sp³-hybridized carbons (Fsp3) is 0.500. The number of halogens is 3. The number of benzene rings is 1. The molecule has 1 aliphatic heterocycles. The summed E-state index contributed by atoms with van der Waals surface area (Å²) in [5, 5.41) is 2.33. The SMILES string of the molecule is Clc1ccc(CN2CCCC2CBr)cc1Cl. The van der Waals surface area contributed by atoms with Gasteiger partial charge in [0.25, 0.3) is 0 Å². The van der Waals surface area contributed by atoms with E-state index in [1.54, 1.807) is 0 Å². The molecule has 1 saturated heterocycles. The minimum absolute atomic E-state index is 0.629. The number of rotatable bonds is 3. The highest BCUT2D eigenvalue weighted by molar-refractivity contribution is 9.09. The van der Waals surface area contributed by atoms with Crippen LogP contribution >= 0.6 is 39.1 Å². The largest absolute Gasteiger partial charge is 0.295 e. The second kappa shape index (κ2) is 5.72. The van der Waals surface area contributed by atoms with Crippen molar-refractivity contribution in [3.8, 4) is 0 Å². The topological polar surface area (TPSA) is 3.24 Å². The fourth-order valence-electron chi connectivity index (χ4n) is 2.15. The van der Waals surface area contributed by atoms with Gasteiger partial charge in [-0.3, -0.25) is 4.90 Å². The first-order valence-corrected chi connectivity index (χ1v) is 7.32. The average molecular weight is 323 g/mol. The van der Waals surface area contributed by atoms with Crippen LogP contribution in [0.4, 0.5) is 0 Å². The highest BCUT2D eigenvalue weighted by Crippen LogP contribution is 2.26. The third-order valence-corrected chi connectivity index (χ3v) is 4.53. The molecule has 0 amide bonds. The van der Waals surface area contributed by atoms with Crippen LogP contribution in [-0.2, 0) is 6.54 Å². The van der Waals surface area contributed by atoms with E-state index in [0.717, 1.165) is 11.9 Å². The van der Waals surface area contributed by atoms with Gasteiger partial charge in [-0.1, -0.05) is 45.2 Å². The van der Waals surface area contributed by atoms with E-state index in [4.69, 9.17) is 23.2 Å². The van der Waals surface area contributed by atoms with E-state index in [1.165, 1.54) is 24.9 Å². The Morgan fingerprint density at radius 3 is 2.81 bits per heavy atom. The lowest BCUT2D eigenvalue weighted by Crippen LogP contribution is -2.29. The Bertz CT molecular complexity index is 370. The molecular weight excluding hydrogens is 309 g/mol. The van der Waals surface area contributed by atoms with Crippen LogP contribution in [0.15, 0.2) is 18.2 Å². The minimum atomic E-state index is 0.629. The van der Waals surface area contributed by atoms with Crippen molar-refractivity contribution < 1.29 is 0 Å². The lowest BCUT2D eigenvalue weighted by Gasteiger charge is -2.22. The van der Waals surface area contributed by atoms with Crippen molar-refractivity contribution in [1.82, 2.24) is 4.90 Å². The number of alkyl halides is 1. The predicted molar refractivity (Wildman–Crippen MR) is 73.7 cm³/mol. The Labute approximate surface area is 115 Å². The summed E-state index contributed by atoms with van der Waals surface area (Å²) >= 11 is 15.5. The first kappa shape index (κ1) is 12.7. The molecule has 1 aromatic rings. The average Bonchev–Trinajstić information content (AvgIpc) is 2.71. The van der Waals surface area contributed by atoms with Gasteiger partial charge in [0.05, 0.1) is 10.0 Å². The summed E-state index contributed by atoms with van der Waals surface area (Å²) in [5.41, 5.74) is 1.24. The van der Waals surface area contributed by atoms with Gasteiger partial charge < -0.3 is 0 Å². The molecule has 0 saturated carbocycles. The Kier molecular flexibility index (Phi) is 4.54. The van der Waals surface area contributed by atoms with E-state index in [2.05, 4.69) is 26.9 Å². The second-order valence-electron chi connectivity index (χ2n) is 4.17. The monoisotopic (exact) mass is 321 g/mol. The van der Waals surface area contributed by atoms with Crippen LogP contribution in [0.3, 0.4) is 0 Å². The Balaban J connectivity index is 2.05. The number of hydrogen-bond donors (Lipinski definition) is 0. The van der Waals surface area contributed by atoms with Gasteiger partial charge in [0.2, 0.25) is 0 Å².